The highest BCUT2D eigenvalue weighted by Crippen LogP contribution is 2.31. The number of amides is 1. The van der Waals surface area contributed by atoms with Crippen molar-refractivity contribution in [3.8, 4) is 11.1 Å². The smallest absolute Gasteiger partial charge is 0.336 e. The molecule has 0 radical (unpaired) electrons. The predicted octanol–water partition coefficient (Wildman–Crippen LogP) is 6.32. The lowest BCUT2D eigenvalue weighted by Crippen LogP contribution is -2.39. The van der Waals surface area contributed by atoms with E-state index in [1.54, 1.807) is 45.7 Å². The number of benzene rings is 3. The fourth-order valence-corrected chi connectivity index (χ4v) is 6.10. The molecule has 0 atom stereocenters. The van der Waals surface area contributed by atoms with E-state index in [1.165, 1.54) is 36.0 Å². The maximum Gasteiger partial charge on any atom is 0.416 e. The summed E-state index contributed by atoms with van der Waals surface area (Å²) in [6.45, 7) is 3.91. The second kappa shape index (κ2) is 16.1. The molecule has 0 saturated heterocycles. The van der Waals surface area contributed by atoms with E-state index in [9.17, 15) is 27.2 Å². The maximum absolute atomic E-state index is 13.9. The van der Waals surface area contributed by atoms with E-state index in [0.29, 0.717) is 48.1 Å². The number of aromatic nitrogens is 4. The van der Waals surface area contributed by atoms with Crippen molar-refractivity contribution in [2.75, 3.05) is 19.6 Å². The number of thioether (sulfide) groups is 1. The SMILES string of the molecule is CCNCCN(Cc1ccc(-c2ccc(C(F)(F)F)cc2)cc1)C(=O)Cn1cc(Cc2cnn(C)c2)c(=O)nc1SCc1ccc(F)cc1. The van der Waals surface area contributed by atoms with Gasteiger partial charge in [0.15, 0.2) is 5.16 Å². The topological polar surface area (TPSA) is 85.0 Å². The molecule has 1 amide bonds. The molecule has 1 N–H and O–H groups in total. The summed E-state index contributed by atoms with van der Waals surface area (Å²) in [6.07, 6.45) is 1.06. The lowest BCUT2D eigenvalue weighted by Gasteiger charge is -2.24. The molecule has 2 heterocycles. The number of alkyl halides is 3. The molecule has 0 aliphatic rings. The molecule has 0 aliphatic heterocycles. The number of likely N-dealkylation sites (N-methyl/N-ethyl adjacent to an activating group) is 1. The summed E-state index contributed by atoms with van der Waals surface area (Å²) in [5.41, 5.74) is 3.24. The van der Waals surface area contributed by atoms with Crippen LogP contribution in [0.2, 0.25) is 0 Å². The summed E-state index contributed by atoms with van der Waals surface area (Å²) < 4.78 is 55.8. The first-order chi connectivity index (χ1) is 23.5. The van der Waals surface area contributed by atoms with Crippen LogP contribution in [0, 0.1) is 5.82 Å². The molecule has 5 aromatic rings. The minimum atomic E-state index is -4.40. The fourth-order valence-electron chi connectivity index (χ4n) is 5.19. The van der Waals surface area contributed by atoms with Crippen LogP contribution in [0.5, 0.6) is 0 Å². The molecule has 256 valence electrons. The number of hydrogen-bond donors (Lipinski definition) is 1. The highest BCUT2D eigenvalue weighted by atomic mass is 32.2. The van der Waals surface area contributed by atoms with E-state index >= 15 is 0 Å². The summed E-state index contributed by atoms with van der Waals surface area (Å²) in [4.78, 5) is 33.2. The van der Waals surface area contributed by atoms with E-state index in [1.807, 2.05) is 37.4 Å². The lowest BCUT2D eigenvalue weighted by molar-refractivity contribution is -0.137. The number of halogens is 4. The molecule has 5 rings (SSSR count). The van der Waals surface area contributed by atoms with Gasteiger partial charge in [-0.2, -0.15) is 23.3 Å². The van der Waals surface area contributed by atoms with Gasteiger partial charge in [-0.15, -0.1) is 0 Å². The van der Waals surface area contributed by atoms with Gasteiger partial charge in [0.25, 0.3) is 5.56 Å². The quantitative estimate of drug-likeness (QED) is 0.0635. The Balaban J connectivity index is 1.37. The van der Waals surface area contributed by atoms with E-state index in [0.717, 1.165) is 40.9 Å². The maximum atomic E-state index is 13.9. The van der Waals surface area contributed by atoms with Gasteiger partial charge in [-0.05, 0) is 58.6 Å². The molecule has 0 saturated carbocycles. The molecule has 0 fully saturated rings. The third kappa shape index (κ3) is 9.89. The largest absolute Gasteiger partial charge is 0.416 e. The Morgan fingerprint density at radius 3 is 2.18 bits per heavy atom. The van der Waals surface area contributed by atoms with Crippen LogP contribution in [-0.4, -0.2) is 49.8 Å². The molecule has 13 heteroatoms. The number of carbonyl (C=O) groups is 1. The Bertz CT molecular complexity index is 1910. The average Bonchev–Trinajstić information content (AvgIpc) is 3.50. The van der Waals surface area contributed by atoms with Crippen molar-refractivity contribution in [3.63, 3.8) is 0 Å². The molecule has 8 nitrogen and oxygen atoms in total. The highest BCUT2D eigenvalue weighted by molar-refractivity contribution is 7.98. The van der Waals surface area contributed by atoms with Crippen LogP contribution in [-0.2, 0) is 43.3 Å². The second-order valence-corrected chi connectivity index (χ2v) is 12.5. The zero-order chi connectivity index (χ0) is 35.0. The van der Waals surface area contributed by atoms with Crippen LogP contribution in [0.3, 0.4) is 0 Å². The summed E-state index contributed by atoms with van der Waals surface area (Å²) in [5, 5.41) is 7.80. The normalized spacial score (nSPS) is 11.6. The van der Waals surface area contributed by atoms with Crippen LogP contribution < -0.4 is 10.9 Å². The molecule has 3 aromatic carbocycles. The van der Waals surface area contributed by atoms with E-state index in [2.05, 4.69) is 15.4 Å². The van der Waals surface area contributed by atoms with Gasteiger partial charge in [0.1, 0.15) is 12.4 Å². The number of aryl methyl sites for hydroxylation is 1. The van der Waals surface area contributed by atoms with Gasteiger partial charge < -0.3 is 14.8 Å². The van der Waals surface area contributed by atoms with E-state index in [4.69, 9.17) is 0 Å². The molecule has 2 aromatic heterocycles. The van der Waals surface area contributed by atoms with Crippen LogP contribution in [0.25, 0.3) is 11.1 Å². The van der Waals surface area contributed by atoms with Crippen molar-refractivity contribution in [3.05, 3.63) is 135 Å². The Kier molecular flexibility index (Phi) is 11.7. The average molecular weight is 693 g/mol. The first-order valence-corrected chi connectivity index (χ1v) is 16.7. The Morgan fingerprint density at radius 2 is 1.57 bits per heavy atom. The summed E-state index contributed by atoms with van der Waals surface area (Å²) in [5.74, 6) is -0.120. The lowest BCUT2D eigenvalue weighted by atomic mass is 10.0. The molecule has 0 bridgehead atoms. The zero-order valence-electron chi connectivity index (χ0n) is 27.1. The fraction of sp³-hybridized carbons (Fsp3) is 0.278. The van der Waals surface area contributed by atoms with Gasteiger partial charge in [0.05, 0.1) is 11.8 Å². The van der Waals surface area contributed by atoms with Crippen molar-refractivity contribution in [2.45, 2.75) is 43.5 Å². The van der Waals surface area contributed by atoms with Crippen LogP contribution in [0.4, 0.5) is 17.6 Å². The number of nitrogens with zero attached hydrogens (tertiary/aromatic N) is 5. The first-order valence-electron chi connectivity index (χ1n) is 15.7. The second-order valence-electron chi connectivity index (χ2n) is 11.5. The third-order valence-corrected chi connectivity index (χ3v) is 8.86. The van der Waals surface area contributed by atoms with Crippen molar-refractivity contribution < 1.29 is 22.4 Å². The highest BCUT2D eigenvalue weighted by Gasteiger charge is 2.30. The van der Waals surface area contributed by atoms with Crippen molar-refractivity contribution in [1.82, 2.24) is 29.5 Å². The number of carbonyl (C=O) groups excluding carboxylic acids is 1. The van der Waals surface area contributed by atoms with Gasteiger partial charge in [-0.1, -0.05) is 67.2 Å². The minimum absolute atomic E-state index is 0.0746. The van der Waals surface area contributed by atoms with E-state index in [-0.39, 0.29) is 18.3 Å². The van der Waals surface area contributed by atoms with E-state index < -0.39 is 17.3 Å². The first kappa shape index (κ1) is 35.6. The monoisotopic (exact) mass is 692 g/mol. The molecule has 0 aliphatic carbocycles. The van der Waals surface area contributed by atoms with Gasteiger partial charge >= 0.3 is 6.18 Å². The standard InChI is InChI=1S/C36H36F4N6O2S/c1-3-41-16-17-45(21-25-4-8-28(9-5-25)29-10-12-31(13-11-29)36(38,39)40)33(47)23-46-22-30(18-27-19-42-44(2)20-27)34(48)43-35(46)49-24-26-6-14-32(37)15-7-26/h4-15,19-20,22,41H,3,16-18,21,23-24H2,1-2H3. The van der Waals surface area contributed by atoms with Gasteiger partial charge in [-0.3, -0.25) is 14.3 Å². The van der Waals surface area contributed by atoms with Crippen molar-refractivity contribution >= 4 is 17.7 Å². The van der Waals surface area contributed by atoms with Crippen LogP contribution >= 0.6 is 11.8 Å². The minimum Gasteiger partial charge on any atom is -0.336 e. The van der Waals surface area contributed by atoms with Crippen LogP contribution in [0.1, 0.15) is 34.7 Å². The Morgan fingerprint density at radius 1 is 0.918 bits per heavy atom. The third-order valence-electron chi connectivity index (χ3n) is 7.80. The number of hydrogen-bond acceptors (Lipinski definition) is 6. The number of rotatable bonds is 14. The van der Waals surface area contributed by atoms with Gasteiger partial charge in [0.2, 0.25) is 5.91 Å². The summed E-state index contributed by atoms with van der Waals surface area (Å²) in [7, 11) is 1.79. The number of nitrogens with one attached hydrogen (secondary N) is 1. The van der Waals surface area contributed by atoms with Crippen LogP contribution in [0.15, 0.2) is 101 Å². The summed E-state index contributed by atoms with van der Waals surface area (Å²) >= 11 is 1.29. The predicted molar refractivity (Wildman–Crippen MR) is 181 cm³/mol. The zero-order valence-corrected chi connectivity index (χ0v) is 27.9. The summed E-state index contributed by atoms with van der Waals surface area (Å²) in [6, 6.07) is 18.4. The Hall–Kier alpha value is -4.75. The van der Waals surface area contributed by atoms with Crippen molar-refractivity contribution in [2.24, 2.45) is 7.05 Å². The van der Waals surface area contributed by atoms with Crippen molar-refractivity contribution in [1.29, 1.82) is 0 Å². The molecule has 0 unspecified atom stereocenters. The van der Waals surface area contributed by atoms with Gasteiger partial charge in [-0.25, -0.2) is 4.39 Å². The molecular weight excluding hydrogens is 656 g/mol. The molecule has 49 heavy (non-hydrogen) atoms. The molecular formula is C36H36F4N6O2S. The Labute approximate surface area is 285 Å². The molecule has 0 spiro atoms. The van der Waals surface area contributed by atoms with Gasteiger partial charge in [0, 0.05) is 56.8 Å².